The molecule has 2 amide bonds. The van der Waals surface area contributed by atoms with E-state index in [1.807, 2.05) is 0 Å². The Bertz CT molecular complexity index is 402. The number of amides is 2. The first-order valence-electron chi connectivity index (χ1n) is 4.00. The maximum absolute atomic E-state index is 11.4. The molecule has 0 saturated carbocycles. The Hall–Kier alpha value is -1.82. The van der Waals surface area contributed by atoms with Gasteiger partial charge in [0.05, 0.1) is 5.69 Å². The first-order chi connectivity index (χ1) is 7.02. The molecule has 6 nitrogen and oxygen atoms in total. The van der Waals surface area contributed by atoms with Crippen molar-refractivity contribution in [2.24, 2.45) is 16.5 Å². The fraction of sp³-hybridized carbons (Fsp3) is 0.125. The second-order valence-electron chi connectivity index (χ2n) is 2.69. The molecular weight excluding hydrogens is 218 g/mol. The quantitative estimate of drug-likeness (QED) is 0.416. The van der Waals surface area contributed by atoms with Crippen LogP contribution in [-0.2, 0) is 0 Å². The predicted octanol–water partition coefficient (Wildman–Crippen LogP) is 0.565. The molecule has 0 spiro atoms. The van der Waals surface area contributed by atoms with Crippen LogP contribution in [0, 0.1) is 0 Å². The lowest BCUT2D eigenvalue weighted by atomic mass is 10.4. The molecule has 0 aliphatic heterocycles. The minimum Gasteiger partial charge on any atom is -0.370 e. The standard InChI is InChI=1S/C8H10ClN5O/c1-14(8(15)13-7(10)11)5-3-2-4-12-6(5)9/h2-4H,1H3,(H4,10,11,13,15). The third-order valence-corrected chi connectivity index (χ3v) is 1.90. The van der Waals surface area contributed by atoms with E-state index in [1.165, 1.54) is 18.1 Å². The molecule has 7 heteroatoms. The maximum atomic E-state index is 11.4. The maximum Gasteiger partial charge on any atom is 0.351 e. The zero-order valence-corrected chi connectivity index (χ0v) is 8.77. The lowest BCUT2D eigenvalue weighted by Crippen LogP contribution is -2.30. The number of aromatic nitrogens is 1. The van der Waals surface area contributed by atoms with Crippen molar-refractivity contribution >= 4 is 29.3 Å². The van der Waals surface area contributed by atoms with Crippen molar-refractivity contribution in [3.8, 4) is 0 Å². The van der Waals surface area contributed by atoms with Gasteiger partial charge in [-0.15, -0.1) is 0 Å². The second kappa shape index (κ2) is 4.61. The summed E-state index contributed by atoms with van der Waals surface area (Å²) in [7, 11) is 1.50. The molecule has 0 fully saturated rings. The molecular formula is C8H10ClN5O. The summed E-state index contributed by atoms with van der Waals surface area (Å²) in [5.41, 5.74) is 10.6. The van der Waals surface area contributed by atoms with Crippen LogP contribution in [0.25, 0.3) is 0 Å². The lowest BCUT2D eigenvalue weighted by Gasteiger charge is -2.14. The van der Waals surface area contributed by atoms with Gasteiger partial charge < -0.3 is 11.5 Å². The number of nitrogens with zero attached hydrogens (tertiary/aromatic N) is 3. The van der Waals surface area contributed by atoms with Crippen LogP contribution in [0.15, 0.2) is 23.3 Å². The number of halogens is 1. The first-order valence-corrected chi connectivity index (χ1v) is 4.38. The summed E-state index contributed by atoms with van der Waals surface area (Å²) < 4.78 is 0. The van der Waals surface area contributed by atoms with Crippen molar-refractivity contribution < 1.29 is 4.79 Å². The van der Waals surface area contributed by atoms with Crippen LogP contribution in [0.5, 0.6) is 0 Å². The largest absolute Gasteiger partial charge is 0.370 e. The molecule has 1 aromatic rings. The van der Waals surface area contributed by atoms with E-state index in [9.17, 15) is 4.79 Å². The number of anilines is 1. The average molecular weight is 228 g/mol. The van der Waals surface area contributed by atoms with Gasteiger partial charge in [-0.05, 0) is 12.1 Å². The van der Waals surface area contributed by atoms with E-state index in [0.717, 1.165) is 0 Å². The molecule has 1 aromatic heterocycles. The van der Waals surface area contributed by atoms with E-state index >= 15 is 0 Å². The Morgan fingerprint density at radius 2 is 2.27 bits per heavy atom. The molecule has 0 unspecified atom stereocenters. The van der Waals surface area contributed by atoms with Gasteiger partial charge in [0.2, 0.25) is 0 Å². The van der Waals surface area contributed by atoms with Crippen LogP contribution >= 0.6 is 11.6 Å². The summed E-state index contributed by atoms with van der Waals surface area (Å²) in [6, 6.07) is 2.68. The highest BCUT2D eigenvalue weighted by molar-refractivity contribution is 6.32. The SMILES string of the molecule is CN(C(=O)N=C(N)N)c1cccnc1Cl. The summed E-state index contributed by atoms with van der Waals surface area (Å²) in [4.78, 5) is 19.8. The molecule has 0 aliphatic rings. The van der Waals surface area contributed by atoms with Crippen LogP contribution in [0.4, 0.5) is 10.5 Å². The average Bonchev–Trinajstić information content (AvgIpc) is 2.16. The summed E-state index contributed by atoms with van der Waals surface area (Å²) in [6.07, 6.45) is 1.52. The number of pyridine rings is 1. The number of guanidine groups is 1. The molecule has 1 rings (SSSR count). The van der Waals surface area contributed by atoms with Crippen molar-refractivity contribution in [2.45, 2.75) is 0 Å². The van der Waals surface area contributed by atoms with Crippen LogP contribution < -0.4 is 16.4 Å². The van der Waals surface area contributed by atoms with Gasteiger partial charge in [0, 0.05) is 13.2 Å². The van der Waals surface area contributed by atoms with Gasteiger partial charge in [-0.3, -0.25) is 4.90 Å². The van der Waals surface area contributed by atoms with Crippen molar-refractivity contribution in [1.29, 1.82) is 0 Å². The summed E-state index contributed by atoms with van der Waals surface area (Å²) in [5, 5.41) is 0.208. The van der Waals surface area contributed by atoms with Crippen LogP contribution in [0.3, 0.4) is 0 Å². The summed E-state index contributed by atoms with van der Waals surface area (Å²) >= 11 is 5.78. The summed E-state index contributed by atoms with van der Waals surface area (Å²) in [5.74, 6) is -0.299. The van der Waals surface area contributed by atoms with Gasteiger partial charge in [-0.1, -0.05) is 11.6 Å². The highest BCUT2D eigenvalue weighted by Crippen LogP contribution is 2.21. The zero-order valence-electron chi connectivity index (χ0n) is 8.01. The number of nitrogens with two attached hydrogens (primary N) is 2. The van der Waals surface area contributed by atoms with E-state index in [4.69, 9.17) is 23.1 Å². The van der Waals surface area contributed by atoms with Gasteiger partial charge in [0.25, 0.3) is 0 Å². The second-order valence-corrected chi connectivity index (χ2v) is 3.05. The Morgan fingerprint density at radius 1 is 1.60 bits per heavy atom. The van der Waals surface area contributed by atoms with Crippen LogP contribution in [0.2, 0.25) is 5.15 Å². The van der Waals surface area contributed by atoms with Crippen LogP contribution in [0.1, 0.15) is 0 Å². The Balaban J connectivity index is 2.95. The molecule has 0 saturated heterocycles. The number of hydrogen-bond acceptors (Lipinski definition) is 2. The Labute approximate surface area is 91.5 Å². The van der Waals surface area contributed by atoms with Crippen molar-refractivity contribution in [3.63, 3.8) is 0 Å². The van der Waals surface area contributed by atoms with Gasteiger partial charge in [0.1, 0.15) is 0 Å². The summed E-state index contributed by atoms with van der Waals surface area (Å²) in [6.45, 7) is 0. The van der Waals surface area contributed by atoms with Gasteiger partial charge in [-0.2, -0.15) is 4.99 Å². The number of carbonyl (C=O) groups excluding carboxylic acids is 1. The van der Waals surface area contributed by atoms with E-state index < -0.39 is 6.03 Å². The number of rotatable bonds is 1. The zero-order chi connectivity index (χ0) is 11.4. The molecule has 80 valence electrons. The van der Waals surface area contributed by atoms with Crippen molar-refractivity contribution in [2.75, 3.05) is 11.9 Å². The third-order valence-electron chi connectivity index (χ3n) is 1.61. The van der Waals surface area contributed by atoms with Gasteiger partial charge in [0.15, 0.2) is 11.1 Å². The molecule has 4 N–H and O–H groups in total. The smallest absolute Gasteiger partial charge is 0.351 e. The van der Waals surface area contributed by atoms with E-state index in [2.05, 4.69) is 9.98 Å². The number of aliphatic imine (C=N–C) groups is 1. The molecule has 15 heavy (non-hydrogen) atoms. The normalized spacial score (nSPS) is 9.47. The van der Waals surface area contributed by atoms with Crippen LogP contribution in [-0.4, -0.2) is 24.0 Å². The highest BCUT2D eigenvalue weighted by Gasteiger charge is 2.13. The van der Waals surface area contributed by atoms with E-state index in [1.54, 1.807) is 12.1 Å². The fourth-order valence-corrected chi connectivity index (χ4v) is 1.16. The monoisotopic (exact) mass is 227 g/mol. The van der Waals surface area contributed by atoms with E-state index in [-0.39, 0.29) is 11.1 Å². The molecule has 1 heterocycles. The topological polar surface area (TPSA) is 97.6 Å². The van der Waals surface area contributed by atoms with Gasteiger partial charge >= 0.3 is 6.03 Å². The third kappa shape index (κ3) is 2.81. The van der Waals surface area contributed by atoms with Crippen molar-refractivity contribution in [3.05, 3.63) is 23.5 Å². The number of carbonyl (C=O) groups is 1. The van der Waals surface area contributed by atoms with E-state index in [0.29, 0.717) is 5.69 Å². The minimum atomic E-state index is -0.607. The Kier molecular flexibility index (Phi) is 3.46. The first kappa shape index (κ1) is 11.3. The molecule has 0 aromatic carbocycles. The molecule has 0 aliphatic carbocycles. The molecule has 0 atom stereocenters. The Morgan fingerprint density at radius 3 is 2.80 bits per heavy atom. The molecule has 0 radical (unpaired) electrons. The fourth-order valence-electron chi connectivity index (χ4n) is 0.916. The number of hydrogen-bond donors (Lipinski definition) is 2. The highest BCUT2D eigenvalue weighted by atomic mass is 35.5. The number of urea groups is 1. The minimum absolute atomic E-state index is 0.208. The van der Waals surface area contributed by atoms with Gasteiger partial charge in [-0.25, -0.2) is 9.78 Å². The predicted molar refractivity (Wildman–Crippen MR) is 58.9 cm³/mol. The molecule has 0 bridgehead atoms. The van der Waals surface area contributed by atoms with Crippen molar-refractivity contribution in [1.82, 2.24) is 4.98 Å². The lowest BCUT2D eigenvalue weighted by molar-refractivity contribution is 0.255.